The molecule has 17 heavy (non-hydrogen) atoms. The van der Waals surface area contributed by atoms with E-state index in [1.54, 1.807) is 0 Å². The first-order valence-corrected chi connectivity index (χ1v) is 6.85. The molecule has 1 atom stereocenters. The van der Waals surface area contributed by atoms with Crippen LogP contribution >= 0.6 is 0 Å². The Balaban J connectivity index is 4.46. The summed E-state index contributed by atoms with van der Waals surface area (Å²) in [6, 6.07) is -0.0265. The van der Waals surface area contributed by atoms with Gasteiger partial charge in [-0.05, 0) is 46.7 Å². The van der Waals surface area contributed by atoms with Gasteiger partial charge in [0.15, 0.2) is 0 Å². The van der Waals surface area contributed by atoms with E-state index in [4.69, 9.17) is 5.73 Å². The van der Waals surface area contributed by atoms with Crippen LogP contribution in [0.15, 0.2) is 0 Å². The van der Waals surface area contributed by atoms with Crippen LogP contribution in [0.4, 0.5) is 0 Å². The molecule has 0 aliphatic carbocycles. The highest BCUT2D eigenvalue weighted by molar-refractivity contribution is 5.81. The number of nitrogens with two attached hydrogens (primary N) is 1. The highest BCUT2D eigenvalue weighted by Crippen LogP contribution is 2.06. The van der Waals surface area contributed by atoms with Gasteiger partial charge in [0.05, 0.1) is 6.04 Å². The first-order chi connectivity index (χ1) is 8.12. The lowest BCUT2D eigenvalue weighted by atomic mass is 10.2. The summed E-state index contributed by atoms with van der Waals surface area (Å²) in [4.78, 5) is 16.4. The van der Waals surface area contributed by atoms with E-state index in [0.717, 1.165) is 39.0 Å². The van der Waals surface area contributed by atoms with Crippen molar-refractivity contribution in [2.24, 2.45) is 5.73 Å². The highest BCUT2D eigenvalue weighted by atomic mass is 16.2. The Morgan fingerprint density at radius 3 is 2.18 bits per heavy atom. The van der Waals surface area contributed by atoms with E-state index >= 15 is 0 Å². The molecular formula is C13H29N3O. The molecule has 4 nitrogen and oxygen atoms in total. The number of likely N-dealkylation sites (N-methyl/N-ethyl adjacent to an activating group) is 1. The Morgan fingerprint density at radius 2 is 1.76 bits per heavy atom. The molecule has 0 saturated heterocycles. The summed E-state index contributed by atoms with van der Waals surface area (Å²) in [5.41, 5.74) is 5.54. The van der Waals surface area contributed by atoms with Crippen LogP contribution in [0.1, 0.15) is 40.5 Å². The molecule has 0 bridgehead atoms. The summed E-state index contributed by atoms with van der Waals surface area (Å²) in [7, 11) is 0. The summed E-state index contributed by atoms with van der Waals surface area (Å²) in [6.45, 7) is 12.3. The van der Waals surface area contributed by atoms with E-state index in [9.17, 15) is 4.79 Å². The molecule has 0 radical (unpaired) electrons. The molecule has 1 unspecified atom stereocenters. The van der Waals surface area contributed by atoms with Gasteiger partial charge in [0.25, 0.3) is 0 Å². The van der Waals surface area contributed by atoms with Crippen molar-refractivity contribution >= 4 is 5.91 Å². The van der Waals surface area contributed by atoms with E-state index in [1.807, 2.05) is 25.7 Å². The van der Waals surface area contributed by atoms with E-state index < -0.39 is 0 Å². The summed E-state index contributed by atoms with van der Waals surface area (Å²) < 4.78 is 0. The molecule has 0 spiro atoms. The van der Waals surface area contributed by atoms with Gasteiger partial charge in [-0.2, -0.15) is 0 Å². The maximum atomic E-state index is 12.2. The molecule has 2 N–H and O–H groups in total. The Kier molecular flexibility index (Phi) is 9.09. The number of carbonyl (C=O) groups excluding carboxylic acids is 1. The molecule has 0 heterocycles. The molecule has 0 aromatic rings. The minimum atomic E-state index is -0.0265. The molecule has 0 rings (SSSR count). The van der Waals surface area contributed by atoms with Crippen LogP contribution in [0.5, 0.6) is 0 Å². The summed E-state index contributed by atoms with van der Waals surface area (Å²) in [5, 5.41) is 0. The minimum Gasteiger partial charge on any atom is -0.342 e. The fraction of sp³-hybridized carbons (Fsp3) is 0.923. The molecular weight excluding hydrogens is 214 g/mol. The summed E-state index contributed by atoms with van der Waals surface area (Å²) in [5.74, 6) is 0.237. The predicted octanol–water partition coefficient (Wildman–Crippen LogP) is 1.30. The number of amides is 1. The van der Waals surface area contributed by atoms with Crippen molar-refractivity contribution in [2.75, 3.05) is 32.7 Å². The molecule has 0 aliphatic rings. The second kappa shape index (κ2) is 9.42. The number of hydrogen-bond acceptors (Lipinski definition) is 3. The van der Waals surface area contributed by atoms with Crippen molar-refractivity contribution in [3.05, 3.63) is 0 Å². The SMILES string of the molecule is CCCN(CCCN)C(C)C(=O)N(CC)CC. The van der Waals surface area contributed by atoms with Crippen LogP contribution < -0.4 is 5.73 Å². The molecule has 0 saturated carbocycles. The van der Waals surface area contributed by atoms with E-state index in [-0.39, 0.29) is 11.9 Å². The molecule has 0 aromatic heterocycles. The Bertz CT molecular complexity index is 205. The first-order valence-electron chi connectivity index (χ1n) is 6.85. The lowest BCUT2D eigenvalue weighted by Gasteiger charge is -2.31. The monoisotopic (exact) mass is 243 g/mol. The van der Waals surface area contributed by atoms with Crippen molar-refractivity contribution in [3.8, 4) is 0 Å². The predicted molar refractivity (Wildman–Crippen MR) is 72.9 cm³/mol. The van der Waals surface area contributed by atoms with Gasteiger partial charge in [0.1, 0.15) is 0 Å². The van der Waals surface area contributed by atoms with Crippen LogP contribution in [0.2, 0.25) is 0 Å². The Labute approximate surface area is 106 Å². The fourth-order valence-electron chi connectivity index (χ4n) is 2.04. The topological polar surface area (TPSA) is 49.6 Å². The van der Waals surface area contributed by atoms with Crippen molar-refractivity contribution in [3.63, 3.8) is 0 Å². The smallest absolute Gasteiger partial charge is 0.239 e. The lowest BCUT2D eigenvalue weighted by Crippen LogP contribution is -2.47. The molecule has 0 aliphatic heterocycles. The number of carbonyl (C=O) groups is 1. The van der Waals surface area contributed by atoms with Gasteiger partial charge in [-0.25, -0.2) is 0 Å². The zero-order chi connectivity index (χ0) is 13.3. The molecule has 1 amide bonds. The quantitative estimate of drug-likeness (QED) is 0.664. The van der Waals surface area contributed by atoms with Crippen LogP contribution in [0, 0.1) is 0 Å². The largest absolute Gasteiger partial charge is 0.342 e. The van der Waals surface area contributed by atoms with Crippen LogP contribution in [0.3, 0.4) is 0 Å². The third kappa shape index (κ3) is 5.50. The zero-order valence-electron chi connectivity index (χ0n) is 11.9. The fourth-order valence-corrected chi connectivity index (χ4v) is 2.04. The third-order valence-electron chi connectivity index (χ3n) is 3.14. The minimum absolute atomic E-state index is 0.0265. The molecule has 4 heteroatoms. The zero-order valence-corrected chi connectivity index (χ0v) is 11.9. The third-order valence-corrected chi connectivity index (χ3v) is 3.14. The lowest BCUT2D eigenvalue weighted by molar-refractivity contribution is -0.136. The van der Waals surface area contributed by atoms with Gasteiger partial charge in [-0.3, -0.25) is 9.69 Å². The van der Waals surface area contributed by atoms with E-state index in [1.165, 1.54) is 0 Å². The second-order valence-electron chi connectivity index (χ2n) is 4.36. The van der Waals surface area contributed by atoms with Crippen molar-refractivity contribution in [1.29, 1.82) is 0 Å². The van der Waals surface area contributed by atoms with Crippen molar-refractivity contribution < 1.29 is 4.79 Å². The van der Waals surface area contributed by atoms with E-state index in [0.29, 0.717) is 6.54 Å². The molecule has 0 aromatic carbocycles. The first kappa shape index (κ1) is 16.4. The van der Waals surface area contributed by atoms with Gasteiger partial charge in [-0.15, -0.1) is 0 Å². The summed E-state index contributed by atoms with van der Waals surface area (Å²) >= 11 is 0. The van der Waals surface area contributed by atoms with E-state index in [2.05, 4.69) is 11.8 Å². The van der Waals surface area contributed by atoms with Crippen LogP contribution in [-0.4, -0.2) is 54.5 Å². The standard InChI is InChI=1S/C13H29N3O/c1-5-10-16(11-8-9-14)12(4)13(17)15(6-2)7-3/h12H,5-11,14H2,1-4H3. The molecule has 102 valence electrons. The maximum Gasteiger partial charge on any atom is 0.239 e. The number of nitrogens with zero attached hydrogens (tertiary/aromatic N) is 2. The van der Waals surface area contributed by atoms with Gasteiger partial charge in [-0.1, -0.05) is 6.92 Å². The molecule has 0 fully saturated rings. The Hall–Kier alpha value is -0.610. The highest BCUT2D eigenvalue weighted by Gasteiger charge is 2.23. The van der Waals surface area contributed by atoms with Gasteiger partial charge in [0.2, 0.25) is 5.91 Å². The van der Waals surface area contributed by atoms with Gasteiger partial charge >= 0.3 is 0 Å². The summed E-state index contributed by atoms with van der Waals surface area (Å²) in [6.07, 6.45) is 2.02. The van der Waals surface area contributed by atoms with Gasteiger partial charge in [0, 0.05) is 19.6 Å². The van der Waals surface area contributed by atoms with Crippen LogP contribution in [-0.2, 0) is 4.79 Å². The normalized spacial score (nSPS) is 12.8. The maximum absolute atomic E-state index is 12.2. The van der Waals surface area contributed by atoms with Gasteiger partial charge < -0.3 is 10.6 Å². The average Bonchev–Trinajstić information content (AvgIpc) is 2.35. The van der Waals surface area contributed by atoms with Crippen molar-refractivity contribution in [1.82, 2.24) is 9.80 Å². The second-order valence-corrected chi connectivity index (χ2v) is 4.36. The van der Waals surface area contributed by atoms with Crippen molar-refractivity contribution in [2.45, 2.75) is 46.6 Å². The van der Waals surface area contributed by atoms with Crippen LogP contribution in [0.25, 0.3) is 0 Å². The Morgan fingerprint density at radius 1 is 1.18 bits per heavy atom. The average molecular weight is 243 g/mol. The number of hydrogen-bond donors (Lipinski definition) is 1. The number of rotatable bonds is 9.